The zero-order valence-electron chi connectivity index (χ0n) is 15.3. The summed E-state index contributed by atoms with van der Waals surface area (Å²) in [6, 6.07) is 14.4. The SMILES string of the molecule is CC1CCCN(C(=O)c2ccccc2OCC(=O)Nc2ccc(Br)cc2)C1. The molecule has 3 rings (SSSR count). The molecule has 1 aliphatic heterocycles. The molecule has 1 heterocycles. The lowest BCUT2D eigenvalue weighted by molar-refractivity contribution is -0.118. The van der Waals surface area contributed by atoms with Crippen molar-refractivity contribution in [2.45, 2.75) is 19.8 Å². The molecule has 27 heavy (non-hydrogen) atoms. The maximum absolute atomic E-state index is 12.9. The largest absolute Gasteiger partial charge is 0.483 e. The van der Waals surface area contributed by atoms with Crippen LogP contribution < -0.4 is 10.1 Å². The number of carbonyl (C=O) groups excluding carboxylic acids is 2. The summed E-state index contributed by atoms with van der Waals surface area (Å²) in [5.74, 6) is 0.635. The lowest BCUT2D eigenvalue weighted by atomic mass is 9.99. The number of likely N-dealkylation sites (tertiary alicyclic amines) is 1. The summed E-state index contributed by atoms with van der Waals surface area (Å²) in [7, 11) is 0. The van der Waals surface area contributed by atoms with Gasteiger partial charge in [-0.3, -0.25) is 9.59 Å². The maximum Gasteiger partial charge on any atom is 0.262 e. The van der Waals surface area contributed by atoms with Gasteiger partial charge in [0, 0.05) is 23.2 Å². The van der Waals surface area contributed by atoms with Crippen LogP contribution in [0.3, 0.4) is 0 Å². The summed E-state index contributed by atoms with van der Waals surface area (Å²) in [5.41, 5.74) is 1.20. The third-order valence-corrected chi connectivity index (χ3v) is 5.08. The van der Waals surface area contributed by atoms with Crippen molar-refractivity contribution in [3.63, 3.8) is 0 Å². The summed E-state index contributed by atoms with van der Waals surface area (Å²) in [6.07, 6.45) is 2.17. The van der Waals surface area contributed by atoms with Crippen LogP contribution in [-0.2, 0) is 4.79 Å². The average Bonchev–Trinajstić information content (AvgIpc) is 2.68. The quantitative estimate of drug-likeness (QED) is 0.767. The number of amides is 2. The van der Waals surface area contributed by atoms with E-state index in [1.807, 2.05) is 23.1 Å². The number of para-hydroxylation sites is 1. The standard InChI is InChI=1S/C21H23BrN2O3/c1-15-5-4-12-24(13-15)21(26)18-6-2-3-7-19(18)27-14-20(25)23-17-10-8-16(22)9-11-17/h2-3,6-11,15H,4-5,12-14H2,1H3,(H,23,25). The number of nitrogens with one attached hydrogen (secondary N) is 1. The summed E-state index contributed by atoms with van der Waals surface area (Å²) in [4.78, 5) is 26.9. The van der Waals surface area contributed by atoms with E-state index in [2.05, 4.69) is 28.2 Å². The van der Waals surface area contributed by atoms with Gasteiger partial charge in [0.05, 0.1) is 5.56 Å². The molecule has 5 nitrogen and oxygen atoms in total. The van der Waals surface area contributed by atoms with Crippen LogP contribution in [0.5, 0.6) is 5.75 Å². The van der Waals surface area contributed by atoms with E-state index in [1.165, 1.54) is 0 Å². The third kappa shape index (κ3) is 5.32. The van der Waals surface area contributed by atoms with Crippen molar-refractivity contribution in [2.24, 2.45) is 5.92 Å². The van der Waals surface area contributed by atoms with Gasteiger partial charge in [0.2, 0.25) is 0 Å². The molecule has 0 radical (unpaired) electrons. The topological polar surface area (TPSA) is 58.6 Å². The highest BCUT2D eigenvalue weighted by molar-refractivity contribution is 9.10. The second kappa shape index (κ2) is 9.04. The molecule has 0 saturated carbocycles. The fourth-order valence-corrected chi connectivity index (χ4v) is 3.45. The first-order valence-corrected chi connectivity index (χ1v) is 9.89. The van der Waals surface area contributed by atoms with Crippen molar-refractivity contribution in [3.8, 4) is 5.75 Å². The number of piperidine rings is 1. The molecule has 1 unspecified atom stereocenters. The summed E-state index contributed by atoms with van der Waals surface area (Å²) in [5, 5.41) is 2.78. The molecule has 1 aliphatic rings. The summed E-state index contributed by atoms with van der Waals surface area (Å²) < 4.78 is 6.61. The van der Waals surface area contributed by atoms with Gasteiger partial charge < -0.3 is 15.0 Å². The van der Waals surface area contributed by atoms with E-state index >= 15 is 0 Å². The lowest BCUT2D eigenvalue weighted by Crippen LogP contribution is -2.39. The van der Waals surface area contributed by atoms with E-state index in [1.54, 1.807) is 30.3 Å². The van der Waals surface area contributed by atoms with Gasteiger partial charge in [0.1, 0.15) is 5.75 Å². The molecule has 2 aromatic carbocycles. The van der Waals surface area contributed by atoms with E-state index in [-0.39, 0.29) is 18.4 Å². The molecular weight excluding hydrogens is 408 g/mol. The van der Waals surface area contributed by atoms with Crippen LogP contribution in [0.25, 0.3) is 0 Å². The van der Waals surface area contributed by atoms with E-state index in [0.717, 1.165) is 30.4 Å². The summed E-state index contributed by atoms with van der Waals surface area (Å²) in [6.45, 7) is 3.53. The Morgan fingerprint density at radius 2 is 1.93 bits per heavy atom. The Hall–Kier alpha value is -2.34. The Bertz CT molecular complexity index is 807. The smallest absolute Gasteiger partial charge is 0.262 e. The monoisotopic (exact) mass is 430 g/mol. The number of benzene rings is 2. The molecule has 2 amide bonds. The van der Waals surface area contributed by atoms with Crippen molar-refractivity contribution in [2.75, 3.05) is 25.0 Å². The molecule has 6 heteroatoms. The van der Waals surface area contributed by atoms with Crippen molar-refractivity contribution in [3.05, 3.63) is 58.6 Å². The molecule has 142 valence electrons. The highest BCUT2D eigenvalue weighted by atomic mass is 79.9. The first kappa shape index (κ1) is 19.4. The average molecular weight is 431 g/mol. The number of ether oxygens (including phenoxy) is 1. The van der Waals surface area contributed by atoms with Gasteiger partial charge in [-0.2, -0.15) is 0 Å². The first-order chi connectivity index (χ1) is 13.0. The van der Waals surface area contributed by atoms with Crippen LogP contribution in [-0.4, -0.2) is 36.4 Å². The van der Waals surface area contributed by atoms with Crippen molar-refractivity contribution < 1.29 is 14.3 Å². The van der Waals surface area contributed by atoms with Gasteiger partial charge >= 0.3 is 0 Å². The van der Waals surface area contributed by atoms with Gasteiger partial charge in [0.25, 0.3) is 11.8 Å². The predicted molar refractivity (Wildman–Crippen MR) is 109 cm³/mol. The number of nitrogens with zero attached hydrogens (tertiary/aromatic N) is 1. The Balaban J connectivity index is 1.62. The van der Waals surface area contributed by atoms with Crippen LogP contribution in [0.2, 0.25) is 0 Å². The van der Waals surface area contributed by atoms with Crippen molar-refractivity contribution in [1.29, 1.82) is 0 Å². The van der Waals surface area contributed by atoms with Crippen LogP contribution in [0, 0.1) is 5.92 Å². The van der Waals surface area contributed by atoms with E-state index in [0.29, 0.717) is 22.9 Å². The Labute approximate surface area is 167 Å². The normalized spacial score (nSPS) is 16.7. The second-order valence-electron chi connectivity index (χ2n) is 6.84. The molecule has 0 aromatic heterocycles. The van der Waals surface area contributed by atoms with Gasteiger partial charge in [-0.25, -0.2) is 0 Å². The summed E-state index contributed by atoms with van der Waals surface area (Å²) >= 11 is 3.36. The van der Waals surface area contributed by atoms with E-state index in [9.17, 15) is 9.59 Å². The van der Waals surface area contributed by atoms with Crippen LogP contribution in [0.1, 0.15) is 30.1 Å². The Morgan fingerprint density at radius 1 is 1.19 bits per heavy atom. The minimum absolute atomic E-state index is 0.0366. The third-order valence-electron chi connectivity index (χ3n) is 4.55. The van der Waals surface area contributed by atoms with E-state index < -0.39 is 0 Å². The zero-order valence-corrected chi connectivity index (χ0v) is 16.9. The second-order valence-corrected chi connectivity index (χ2v) is 7.75. The molecule has 2 aromatic rings. The number of hydrogen-bond donors (Lipinski definition) is 1. The zero-order chi connectivity index (χ0) is 19.2. The first-order valence-electron chi connectivity index (χ1n) is 9.09. The highest BCUT2D eigenvalue weighted by Crippen LogP contribution is 2.23. The number of anilines is 1. The van der Waals surface area contributed by atoms with Crippen LogP contribution in [0.15, 0.2) is 53.0 Å². The Kier molecular flexibility index (Phi) is 6.50. The van der Waals surface area contributed by atoms with Crippen LogP contribution >= 0.6 is 15.9 Å². The molecule has 1 N–H and O–H groups in total. The fraction of sp³-hybridized carbons (Fsp3) is 0.333. The minimum Gasteiger partial charge on any atom is -0.483 e. The molecule has 1 atom stereocenters. The number of rotatable bonds is 5. The van der Waals surface area contributed by atoms with Gasteiger partial charge in [0.15, 0.2) is 6.61 Å². The molecule has 0 aliphatic carbocycles. The highest BCUT2D eigenvalue weighted by Gasteiger charge is 2.24. The minimum atomic E-state index is -0.272. The maximum atomic E-state index is 12.9. The fourth-order valence-electron chi connectivity index (χ4n) is 3.19. The lowest BCUT2D eigenvalue weighted by Gasteiger charge is -2.31. The van der Waals surface area contributed by atoms with Crippen molar-refractivity contribution >= 4 is 33.4 Å². The molecular formula is C21H23BrN2O3. The Morgan fingerprint density at radius 3 is 2.67 bits per heavy atom. The van der Waals surface area contributed by atoms with Gasteiger partial charge in [-0.05, 0) is 55.2 Å². The molecule has 1 fully saturated rings. The number of hydrogen-bond acceptors (Lipinski definition) is 3. The predicted octanol–water partition coefficient (Wildman–Crippen LogP) is 4.34. The van der Waals surface area contributed by atoms with Gasteiger partial charge in [-0.15, -0.1) is 0 Å². The number of halogens is 1. The van der Waals surface area contributed by atoms with Crippen molar-refractivity contribution in [1.82, 2.24) is 4.90 Å². The number of carbonyl (C=O) groups is 2. The molecule has 0 bridgehead atoms. The molecule has 0 spiro atoms. The van der Waals surface area contributed by atoms with Crippen LogP contribution in [0.4, 0.5) is 5.69 Å². The van der Waals surface area contributed by atoms with E-state index in [4.69, 9.17) is 4.74 Å². The van der Waals surface area contributed by atoms with Gasteiger partial charge in [-0.1, -0.05) is 35.0 Å². The molecule has 1 saturated heterocycles.